The lowest BCUT2D eigenvalue weighted by molar-refractivity contribution is -0.134. The minimum absolute atomic E-state index is 0.0167. The first kappa shape index (κ1) is 37.4. The topological polar surface area (TPSA) is 125 Å². The Kier molecular flexibility index (Phi) is 14.5. The van der Waals surface area contributed by atoms with Gasteiger partial charge in [0, 0.05) is 50.2 Å². The normalized spacial score (nSPS) is 31.5. The highest BCUT2D eigenvalue weighted by Crippen LogP contribution is 2.53. The minimum atomic E-state index is -0.885. The van der Waals surface area contributed by atoms with Crippen LogP contribution in [0.1, 0.15) is 61.3 Å². The third kappa shape index (κ3) is 10.1. The van der Waals surface area contributed by atoms with Gasteiger partial charge in [0.2, 0.25) is 5.91 Å². The number of carbonyl (C=O) groups excluding carboxylic acids is 2. The van der Waals surface area contributed by atoms with E-state index >= 15 is 0 Å². The Hall–Kier alpha value is -2.78. The largest absolute Gasteiger partial charge is 0.466 e. The van der Waals surface area contributed by atoms with Gasteiger partial charge in [0.1, 0.15) is 0 Å². The average molecular weight is 614 g/mol. The number of nitrogens with one attached hydrogen (secondary N) is 1. The second kappa shape index (κ2) is 17.1. The maximum atomic E-state index is 11.4. The predicted molar refractivity (Wildman–Crippen MR) is 174 cm³/mol. The van der Waals surface area contributed by atoms with Gasteiger partial charge in [0.15, 0.2) is 0 Å². The number of hydrogen-bond donors (Lipinski definition) is 4. The van der Waals surface area contributed by atoms with Crippen molar-refractivity contribution in [2.75, 3.05) is 14.2 Å². The van der Waals surface area contributed by atoms with Crippen LogP contribution in [0.5, 0.6) is 0 Å². The molecule has 8 nitrogen and oxygen atoms in total. The summed E-state index contributed by atoms with van der Waals surface area (Å²) in [6, 6.07) is -0.471. The van der Waals surface area contributed by atoms with Crippen molar-refractivity contribution in [3.63, 3.8) is 0 Å². The molecule has 0 aromatic heterocycles. The zero-order valence-corrected chi connectivity index (χ0v) is 27.9. The van der Waals surface area contributed by atoms with E-state index in [0.29, 0.717) is 6.42 Å². The molecule has 2 aliphatic rings. The van der Waals surface area contributed by atoms with Crippen molar-refractivity contribution in [1.29, 1.82) is 0 Å². The van der Waals surface area contributed by atoms with Gasteiger partial charge in [-0.25, -0.2) is 4.79 Å². The van der Waals surface area contributed by atoms with Crippen molar-refractivity contribution in [2.45, 2.75) is 91.8 Å². The summed E-state index contributed by atoms with van der Waals surface area (Å²) in [5, 5.41) is 35.3. The van der Waals surface area contributed by atoms with E-state index in [1.807, 2.05) is 39.0 Å². The van der Waals surface area contributed by atoms with Crippen LogP contribution in [-0.2, 0) is 19.1 Å². The van der Waals surface area contributed by atoms with Crippen LogP contribution in [0.4, 0.5) is 0 Å². The van der Waals surface area contributed by atoms with E-state index < -0.39 is 36.2 Å². The van der Waals surface area contributed by atoms with E-state index in [-0.39, 0.29) is 41.1 Å². The van der Waals surface area contributed by atoms with E-state index in [1.165, 1.54) is 20.1 Å². The van der Waals surface area contributed by atoms with E-state index in [9.17, 15) is 24.9 Å². The lowest BCUT2D eigenvalue weighted by Gasteiger charge is -2.51. The summed E-state index contributed by atoms with van der Waals surface area (Å²) in [5.41, 5.74) is 1.67. The van der Waals surface area contributed by atoms with Crippen molar-refractivity contribution in [3.8, 4) is 0 Å². The van der Waals surface area contributed by atoms with Gasteiger partial charge in [-0.15, -0.1) is 0 Å². The molecule has 44 heavy (non-hydrogen) atoms. The first-order chi connectivity index (χ1) is 20.6. The summed E-state index contributed by atoms with van der Waals surface area (Å²) in [6.07, 6.45) is 19.0. The van der Waals surface area contributed by atoms with Crippen LogP contribution < -0.4 is 5.32 Å². The molecule has 0 saturated heterocycles. The summed E-state index contributed by atoms with van der Waals surface area (Å²) in [5.74, 6) is -1.12. The number of fused-ring (bicyclic) bond motifs is 1. The summed E-state index contributed by atoms with van der Waals surface area (Å²) < 4.78 is 10.4. The monoisotopic (exact) mass is 613 g/mol. The Labute approximate surface area is 264 Å². The fourth-order valence-corrected chi connectivity index (χ4v) is 6.54. The van der Waals surface area contributed by atoms with E-state index in [0.717, 1.165) is 17.6 Å². The van der Waals surface area contributed by atoms with E-state index in [1.54, 1.807) is 27.0 Å². The fraction of sp³-hybridized carbons (Fsp3) is 0.611. The Bertz CT molecular complexity index is 1150. The number of allylic oxidation sites excluding steroid dienone is 9. The summed E-state index contributed by atoms with van der Waals surface area (Å²) in [6.45, 7) is 13.1. The Morgan fingerprint density at radius 3 is 2.27 bits per heavy atom. The van der Waals surface area contributed by atoms with Crippen molar-refractivity contribution < 1.29 is 34.4 Å². The van der Waals surface area contributed by atoms with Crippen LogP contribution in [0.2, 0.25) is 0 Å². The Morgan fingerprint density at radius 1 is 0.977 bits per heavy atom. The molecular formula is C36H55NO7. The highest BCUT2D eigenvalue weighted by Gasteiger charge is 2.49. The van der Waals surface area contributed by atoms with Gasteiger partial charge >= 0.3 is 5.97 Å². The lowest BCUT2D eigenvalue weighted by atomic mass is 9.55. The number of carbonyl (C=O) groups is 2. The van der Waals surface area contributed by atoms with Gasteiger partial charge in [-0.2, -0.15) is 0 Å². The van der Waals surface area contributed by atoms with Crippen LogP contribution in [0, 0.1) is 35.0 Å². The lowest BCUT2D eigenvalue weighted by Crippen LogP contribution is -2.49. The first-order valence-electron chi connectivity index (χ1n) is 15.7. The third-order valence-electron chi connectivity index (χ3n) is 9.48. The first-order valence-corrected chi connectivity index (χ1v) is 15.7. The predicted octanol–water partition coefficient (Wildman–Crippen LogP) is 4.83. The maximum absolute atomic E-state index is 11.4. The molecule has 1 amide bonds. The molecule has 1 fully saturated rings. The molecule has 0 aliphatic heterocycles. The van der Waals surface area contributed by atoms with Crippen LogP contribution in [0.3, 0.4) is 0 Å². The fourth-order valence-electron chi connectivity index (χ4n) is 6.54. The van der Waals surface area contributed by atoms with Crippen LogP contribution in [0.25, 0.3) is 0 Å². The quantitative estimate of drug-likeness (QED) is 0.101. The molecule has 8 heteroatoms. The molecule has 0 unspecified atom stereocenters. The molecule has 0 aromatic carbocycles. The van der Waals surface area contributed by atoms with Gasteiger partial charge in [0.25, 0.3) is 0 Å². The highest BCUT2D eigenvalue weighted by molar-refractivity contribution is 5.82. The van der Waals surface area contributed by atoms with Crippen molar-refractivity contribution in [2.24, 2.45) is 35.0 Å². The third-order valence-corrected chi connectivity index (χ3v) is 9.48. The summed E-state index contributed by atoms with van der Waals surface area (Å²) in [7, 11) is 3.05. The molecule has 1 saturated carbocycles. The molecule has 0 heterocycles. The zero-order chi connectivity index (χ0) is 33.2. The second-order valence-corrected chi connectivity index (χ2v) is 12.9. The van der Waals surface area contributed by atoms with Crippen LogP contribution >= 0.6 is 0 Å². The number of aliphatic hydroxyl groups excluding tert-OH is 3. The molecule has 4 N–H and O–H groups in total. The summed E-state index contributed by atoms with van der Waals surface area (Å²) in [4.78, 5) is 22.8. The van der Waals surface area contributed by atoms with Crippen molar-refractivity contribution in [3.05, 3.63) is 71.9 Å². The van der Waals surface area contributed by atoms with Gasteiger partial charge < -0.3 is 30.1 Å². The molecule has 2 aliphatic carbocycles. The number of hydrogen-bond acceptors (Lipinski definition) is 7. The Morgan fingerprint density at radius 2 is 1.66 bits per heavy atom. The molecule has 0 bridgehead atoms. The van der Waals surface area contributed by atoms with E-state index in [2.05, 4.69) is 47.4 Å². The molecule has 0 aromatic rings. The van der Waals surface area contributed by atoms with Gasteiger partial charge in [0.05, 0.1) is 37.6 Å². The molecule has 246 valence electrons. The van der Waals surface area contributed by atoms with Gasteiger partial charge in [-0.1, -0.05) is 86.6 Å². The van der Waals surface area contributed by atoms with Crippen LogP contribution in [-0.4, -0.2) is 71.9 Å². The van der Waals surface area contributed by atoms with E-state index in [4.69, 9.17) is 4.74 Å². The zero-order valence-electron chi connectivity index (χ0n) is 27.9. The maximum Gasteiger partial charge on any atom is 0.330 e. The minimum Gasteiger partial charge on any atom is -0.466 e. The summed E-state index contributed by atoms with van der Waals surface area (Å²) >= 11 is 0. The molecule has 0 radical (unpaired) electrons. The number of methoxy groups -OCH3 is 2. The standard InChI is InChI=1S/C36H55NO7/c1-22(11-10-12-33(40)44-9)17-18-36(7)28(15-16-30-31(36)20-29(43-8)21-32(30)39)19-23(2)13-14-24(3)34(41)25(4)35(42)26(5)37-27(6)38/h10-19,24-26,28-32,34-35,39,41-42H,20-21H2,1-9H3,(H,37,38)/b12-10+,14-13+,18-17+,22-11-,23-19+/t24-,25+,26-,28-,29+,30-,31-,32+,34-,35+,36+/m1/s1. The highest BCUT2D eigenvalue weighted by atomic mass is 16.5. The van der Waals surface area contributed by atoms with Gasteiger partial charge in [-0.3, -0.25) is 4.79 Å². The Balaban J connectivity index is 2.34. The van der Waals surface area contributed by atoms with Crippen molar-refractivity contribution in [1.82, 2.24) is 5.32 Å². The molecule has 0 spiro atoms. The second-order valence-electron chi connectivity index (χ2n) is 12.9. The number of amides is 1. The van der Waals surface area contributed by atoms with Gasteiger partial charge in [-0.05, 0) is 38.5 Å². The van der Waals surface area contributed by atoms with Crippen LogP contribution in [0.15, 0.2) is 71.9 Å². The van der Waals surface area contributed by atoms with Crippen molar-refractivity contribution >= 4 is 11.9 Å². The SMILES string of the molecule is COC(=O)/C=C/C=C(C)\C=C\[C@@]1(C)[C@@H](/C=C(C)/C=C/[C@@H](C)[C@@H](O)[C@H](C)[C@H](O)[C@@H](C)NC(C)=O)C=C[C@@H]2[C@H]1C[C@H](OC)C[C@@H]2O. The average Bonchev–Trinajstić information content (AvgIpc) is 2.98. The number of aliphatic hydroxyl groups is 3. The number of esters is 1. The molecule has 2 rings (SSSR count). The smallest absolute Gasteiger partial charge is 0.330 e. The number of rotatable bonds is 13. The molecule has 11 atom stereocenters. The molecular weight excluding hydrogens is 558 g/mol. The number of ether oxygens (including phenoxy) is 2.